The van der Waals surface area contributed by atoms with E-state index in [1.807, 2.05) is 18.2 Å². The second kappa shape index (κ2) is 7.19. The van der Waals surface area contributed by atoms with E-state index in [0.29, 0.717) is 0 Å². The van der Waals surface area contributed by atoms with Gasteiger partial charge in [-0.3, -0.25) is 0 Å². The van der Waals surface area contributed by atoms with E-state index in [0.717, 1.165) is 16.8 Å². The summed E-state index contributed by atoms with van der Waals surface area (Å²) in [6, 6.07) is 12.4. The van der Waals surface area contributed by atoms with Crippen molar-refractivity contribution in [3.05, 3.63) is 57.6 Å². The number of hydrogen-bond donors (Lipinski definition) is 1. The zero-order chi connectivity index (χ0) is 15.2. The lowest BCUT2D eigenvalue weighted by Gasteiger charge is -2.12. The van der Waals surface area contributed by atoms with E-state index >= 15 is 0 Å². The van der Waals surface area contributed by atoms with Gasteiger partial charge in [-0.25, -0.2) is 0 Å². The molecule has 0 spiro atoms. The highest BCUT2D eigenvalue weighted by molar-refractivity contribution is 9.10. The minimum atomic E-state index is 0.276. The largest absolute Gasteiger partial charge is 0.480 e. The molecule has 0 amide bonds. The maximum Gasteiger partial charge on any atom is 0.148 e. The van der Waals surface area contributed by atoms with E-state index in [-0.39, 0.29) is 6.61 Å². The van der Waals surface area contributed by atoms with Crippen LogP contribution in [0.4, 0.5) is 5.69 Å². The summed E-state index contributed by atoms with van der Waals surface area (Å²) < 4.78 is 6.35. The number of anilines is 1. The fraction of sp³-hybridized carbons (Fsp3) is 0.222. The van der Waals surface area contributed by atoms with Crippen molar-refractivity contribution in [2.24, 2.45) is 0 Å². The van der Waals surface area contributed by atoms with Gasteiger partial charge >= 0.3 is 0 Å². The molecular formula is C18H18BrNO. The number of nitrogens with one attached hydrogen (secondary N) is 1. The van der Waals surface area contributed by atoms with Gasteiger partial charge in [0.2, 0.25) is 0 Å². The Morgan fingerprint density at radius 3 is 2.71 bits per heavy atom. The van der Waals surface area contributed by atoms with Crippen molar-refractivity contribution in [3.63, 3.8) is 0 Å². The molecule has 108 valence electrons. The molecule has 0 radical (unpaired) electrons. The zero-order valence-corrected chi connectivity index (χ0v) is 13.8. The van der Waals surface area contributed by atoms with Crippen LogP contribution < -0.4 is 10.1 Å². The van der Waals surface area contributed by atoms with Gasteiger partial charge in [-0.05, 0) is 64.7 Å². The van der Waals surface area contributed by atoms with Crippen LogP contribution in [-0.4, -0.2) is 6.61 Å². The molecule has 0 atom stereocenters. The molecule has 0 unspecified atom stereocenters. The van der Waals surface area contributed by atoms with Crippen molar-refractivity contribution in [1.29, 1.82) is 0 Å². The molecule has 21 heavy (non-hydrogen) atoms. The first kappa shape index (κ1) is 15.5. The second-order valence-electron chi connectivity index (χ2n) is 4.93. The van der Waals surface area contributed by atoms with Gasteiger partial charge in [-0.2, -0.15) is 0 Å². The summed E-state index contributed by atoms with van der Waals surface area (Å²) in [5.74, 6) is 3.23. The second-order valence-corrected chi connectivity index (χ2v) is 5.78. The van der Waals surface area contributed by atoms with Crippen molar-refractivity contribution in [2.75, 3.05) is 11.9 Å². The molecule has 2 aromatic rings. The lowest BCUT2D eigenvalue weighted by molar-refractivity contribution is 0.368. The molecule has 0 aliphatic heterocycles. The molecule has 0 fully saturated rings. The zero-order valence-electron chi connectivity index (χ0n) is 12.2. The highest BCUT2D eigenvalue weighted by Crippen LogP contribution is 2.26. The standard InChI is InChI=1S/C18H18BrNO/c1-4-9-21-18-8-7-15(11-16(18)19)12-20-17-10-13(2)5-6-14(17)3/h1,5-8,10-11,20H,9,12H2,2-3H3. The maximum absolute atomic E-state index is 5.44. The summed E-state index contributed by atoms with van der Waals surface area (Å²) >= 11 is 3.51. The summed E-state index contributed by atoms with van der Waals surface area (Å²) in [7, 11) is 0. The van der Waals surface area contributed by atoms with Crippen molar-refractivity contribution >= 4 is 21.6 Å². The molecular weight excluding hydrogens is 326 g/mol. The first-order valence-electron chi connectivity index (χ1n) is 6.76. The molecule has 0 saturated heterocycles. The van der Waals surface area contributed by atoms with Gasteiger partial charge in [0.1, 0.15) is 12.4 Å². The van der Waals surface area contributed by atoms with Crippen LogP contribution in [0.3, 0.4) is 0 Å². The average Bonchev–Trinajstić information content (AvgIpc) is 2.47. The Balaban J connectivity index is 2.05. The van der Waals surface area contributed by atoms with Crippen LogP contribution in [0.5, 0.6) is 5.75 Å². The molecule has 0 aromatic heterocycles. The van der Waals surface area contributed by atoms with Crippen molar-refractivity contribution in [2.45, 2.75) is 20.4 Å². The van der Waals surface area contributed by atoms with Gasteiger partial charge in [0, 0.05) is 12.2 Å². The third-order valence-corrected chi connectivity index (χ3v) is 3.80. The number of aryl methyl sites for hydroxylation is 2. The predicted octanol–water partition coefficient (Wildman–Crippen LogP) is 4.69. The Morgan fingerprint density at radius 2 is 2.00 bits per heavy atom. The molecule has 3 heteroatoms. The van der Waals surface area contributed by atoms with Crippen LogP contribution in [0.1, 0.15) is 16.7 Å². The lowest BCUT2D eigenvalue weighted by Crippen LogP contribution is -2.02. The van der Waals surface area contributed by atoms with Gasteiger partial charge in [0.05, 0.1) is 4.47 Å². The quantitative estimate of drug-likeness (QED) is 0.795. The van der Waals surface area contributed by atoms with E-state index in [2.05, 4.69) is 59.2 Å². The summed E-state index contributed by atoms with van der Waals surface area (Å²) in [6.07, 6.45) is 5.19. The number of hydrogen-bond acceptors (Lipinski definition) is 2. The minimum Gasteiger partial charge on any atom is -0.480 e. The van der Waals surface area contributed by atoms with Crippen molar-refractivity contribution in [3.8, 4) is 18.1 Å². The van der Waals surface area contributed by atoms with Gasteiger partial charge in [0.15, 0.2) is 0 Å². The average molecular weight is 344 g/mol. The van der Waals surface area contributed by atoms with Gasteiger partial charge < -0.3 is 10.1 Å². The smallest absolute Gasteiger partial charge is 0.148 e. The molecule has 1 N–H and O–H groups in total. The third kappa shape index (κ3) is 4.27. The Hall–Kier alpha value is -1.92. The van der Waals surface area contributed by atoms with E-state index in [9.17, 15) is 0 Å². The fourth-order valence-electron chi connectivity index (χ4n) is 2.01. The van der Waals surface area contributed by atoms with E-state index in [1.165, 1.54) is 22.4 Å². The molecule has 0 heterocycles. The number of ether oxygens (including phenoxy) is 1. The number of benzene rings is 2. The highest BCUT2D eigenvalue weighted by atomic mass is 79.9. The molecule has 0 bridgehead atoms. The number of halogens is 1. The van der Waals surface area contributed by atoms with Gasteiger partial charge in [0.25, 0.3) is 0 Å². The van der Waals surface area contributed by atoms with E-state index in [1.54, 1.807) is 0 Å². The summed E-state index contributed by atoms with van der Waals surface area (Å²) in [5, 5.41) is 3.47. The summed E-state index contributed by atoms with van der Waals surface area (Å²) in [5.41, 5.74) is 4.84. The number of terminal acetylenes is 1. The Labute approximate surface area is 134 Å². The van der Waals surface area contributed by atoms with Crippen LogP contribution >= 0.6 is 15.9 Å². The van der Waals surface area contributed by atoms with Crippen molar-refractivity contribution in [1.82, 2.24) is 0 Å². The minimum absolute atomic E-state index is 0.276. The Morgan fingerprint density at radius 1 is 1.19 bits per heavy atom. The highest BCUT2D eigenvalue weighted by Gasteiger charge is 2.03. The summed E-state index contributed by atoms with van der Waals surface area (Å²) in [6.45, 7) is 5.24. The fourth-order valence-corrected chi connectivity index (χ4v) is 2.56. The lowest BCUT2D eigenvalue weighted by atomic mass is 10.1. The van der Waals surface area contributed by atoms with Crippen LogP contribution in [0, 0.1) is 26.2 Å². The first-order chi connectivity index (χ1) is 10.1. The monoisotopic (exact) mass is 343 g/mol. The van der Waals surface area contributed by atoms with E-state index in [4.69, 9.17) is 11.2 Å². The van der Waals surface area contributed by atoms with Crippen LogP contribution in [0.25, 0.3) is 0 Å². The van der Waals surface area contributed by atoms with E-state index < -0.39 is 0 Å². The molecule has 0 saturated carbocycles. The Kier molecular flexibility index (Phi) is 5.30. The topological polar surface area (TPSA) is 21.3 Å². The van der Waals surface area contributed by atoms with Gasteiger partial charge in [-0.15, -0.1) is 6.42 Å². The molecule has 0 aliphatic carbocycles. The molecule has 2 aromatic carbocycles. The normalized spacial score (nSPS) is 10.0. The van der Waals surface area contributed by atoms with Crippen LogP contribution in [0.15, 0.2) is 40.9 Å². The molecule has 2 nitrogen and oxygen atoms in total. The molecule has 0 aliphatic rings. The molecule has 2 rings (SSSR count). The van der Waals surface area contributed by atoms with Crippen LogP contribution in [0.2, 0.25) is 0 Å². The first-order valence-corrected chi connectivity index (χ1v) is 7.55. The number of rotatable bonds is 5. The third-order valence-electron chi connectivity index (χ3n) is 3.18. The Bertz CT molecular complexity index is 673. The summed E-state index contributed by atoms with van der Waals surface area (Å²) in [4.78, 5) is 0. The SMILES string of the molecule is C#CCOc1ccc(CNc2cc(C)ccc2C)cc1Br. The maximum atomic E-state index is 5.44. The van der Waals surface area contributed by atoms with Crippen LogP contribution in [-0.2, 0) is 6.54 Å². The predicted molar refractivity (Wildman–Crippen MR) is 91.7 cm³/mol. The van der Waals surface area contributed by atoms with Crippen molar-refractivity contribution < 1.29 is 4.74 Å². The van der Waals surface area contributed by atoms with Gasteiger partial charge in [-0.1, -0.05) is 24.1 Å².